The monoisotopic (exact) mass is 227 g/mol. The van der Waals surface area contributed by atoms with Crippen LogP contribution >= 0.6 is 0 Å². The van der Waals surface area contributed by atoms with Crippen molar-refractivity contribution in [1.29, 1.82) is 0 Å². The van der Waals surface area contributed by atoms with Crippen molar-refractivity contribution in [2.24, 2.45) is 5.92 Å². The lowest BCUT2D eigenvalue weighted by Crippen LogP contribution is -2.45. The number of alkyl carbamates (subject to hydrolysis) is 1. The van der Waals surface area contributed by atoms with E-state index < -0.39 is 11.7 Å². The molecule has 16 heavy (non-hydrogen) atoms. The lowest BCUT2D eigenvalue weighted by Gasteiger charge is -2.35. The van der Waals surface area contributed by atoms with Crippen LogP contribution in [0, 0.1) is 5.92 Å². The molecule has 92 valence electrons. The van der Waals surface area contributed by atoms with E-state index in [2.05, 4.69) is 18.8 Å². The second kappa shape index (κ2) is 5.89. The minimum Gasteiger partial charge on any atom is -0.445 e. The summed E-state index contributed by atoms with van der Waals surface area (Å²) in [5.74, 6) is 0.518. The predicted octanol–water partition coefficient (Wildman–Crippen LogP) is 1.84. The number of aliphatic hydroxyl groups is 1. The van der Waals surface area contributed by atoms with E-state index in [9.17, 15) is 9.90 Å². The van der Waals surface area contributed by atoms with Crippen molar-refractivity contribution in [2.45, 2.75) is 38.2 Å². The zero-order chi connectivity index (χ0) is 12.0. The first-order valence-corrected chi connectivity index (χ1v) is 5.80. The summed E-state index contributed by atoms with van der Waals surface area (Å²) >= 11 is 0. The van der Waals surface area contributed by atoms with Gasteiger partial charge in [-0.1, -0.05) is 32.4 Å². The summed E-state index contributed by atoms with van der Waals surface area (Å²) in [6.07, 6.45) is 4.68. The number of hydrogen-bond acceptors (Lipinski definition) is 3. The third-order valence-electron chi connectivity index (χ3n) is 2.96. The summed E-state index contributed by atoms with van der Waals surface area (Å²) in [6, 6.07) is 0. The molecule has 2 atom stereocenters. The number of nitrogens with one attached hydrogen (secondary N) is 1. The number of ether oxygens (including phenoxy) is 1. The third-order valence-corrected chi connectivity index (χ3v) is 2.96. The molecule has 2 unspecified atom stereocenters. The molecule has 1 aliphatic rings. The molecule has 0 radical (unpaired) electrons. The standard InChI is InChI=1S/C12H21NO3/c1-3-7-16-11(14)13-9-12(15)6-4-5-10(2)8-12/h3,10,15H,1,4-9H2,2H3,(H,13,14). The van der Waals surface area contributed by atoms with Crippen LogP contribution in [0.4, 0.5) is 4.79 Å². The normalized spacial score (nSPS) is 29.5. The molecule has 1 saturated carbocycles. The van der Waals surface area contributed by atoms with E-state index in [1.54, 1.807) is 0 Å². The first kappa shape index (κ1) is 13.0. The van der Waals surface area contributed by atoms with Crippen molar-refractivity contribution < 1.29 is 14.6 Å². The molecule has 1 aliphatic carbocycles. The van der Waals surface area contributed by atoms with Gasteiger partial charge in [0, 0.05) is 6.54 Å². The maximum absolute atomic E-state index is 11.2. The van der Waals surface area contributed by atoms with E-state index >= 15 is 0 Å². The molecule has 1 fully saturated rings. The highest BCUT2D eigenvalue weighted by Gasteiger charge is 2.32. The highest BCUT2D eigenvalue weighted by Crippen LogP contribution is 2.31. The molecule has 1 amide bonds. The minimum absolute atomic E-state index is 0.195. The van der Waals surface area contributed by atoms with E-state index in [0.29, 0.717) is 5.92 Å². The van der Waals surface area contributed by atoms with Crippen LogP contribution in [0.5, 0.6) is 0 Å². The Kier molecular flexibility index (Phi) is 4.80. The van der Waals surface area contributed by atoms with Crippen LogP contribution in [0.2, 0.25) is 0 Å². The maximum Gasteiger partial charge on any atom is 0.407 e. The van der Waals surface area contributed by atoms with Crippen molar-refractivity contribution in [3.63, 3.8) is 0 Å². The smallest absolute Gasteiger partial charge is 0.407 e. The number of hydrogen-bond donors (Lipinski definition) is 2. The number of rotatable bonds is 4. The first-order chi connectivity index (χ1) is 7.56. The lowest BCUT2D eigenvalue weighted by molar-refractivity contribution is -0.0115. The Labute approximate surface area is 96.7 Å². The molecule has 0 aromatic heterocycles. The molecule has 0 saturated heterocycles. The number of amides is 1. The molecule has 0 heterocycles. The Morgan fingerprint density at radius 1 is 1.75 bits per heavy atom. The quantitative estimate of drug-likeness (QED) is 0.720. The highest BCUT2D eigenvalue weighted by atomic mass is 16.5. The van der Waals surface area contributed by atoms with Crippen LogP contribution in [0.1, 0.15) is 32.6 Å². The van der Waals surface area contributed by atoms with Crippen molar-refractivity contribution in [3.8, 4) is 0 Å². The molecule has 0 aromatic rings. The van der Waals surface area contributed by atoms with Crippen LogP contribution in [-0.4, -0.2) is 30.0 Å². The topological polar surface area (TPSA) is 58.6 Å². The molecular weight excluding hydrogens is 206 g/mol. The van der Waals surface area contributed by atoms with Gasteiger partial charge in [0.2, 0.25) is 0 Å². The molecule has 4 heteroatoms. The van der Waals surface area contributed by atoms with Crippen LogP contribution in [0.3, 0.4) is 0 Å². The van der Waals surface area contributed by atoms with Gasteiger partial charge in [0.15, 0.2) is 0 Å². The SMILES string of the molecule is C=CCOC(=O)NCC1(O)CCCC(C)C1. The summed E-state index contributed by atoms with van der Waals surface area (Å²) in [5.41, 5.74) is -0.759. The van der Waals surface area contributed by atoms with E-state index in [-0.39, 0.29) is 13.2 Å². The summed E-state index contributed by atoms with van der Waals surface area (Å²) in [4.78, 5) is 11.2. The van der Waals surface area contributed by atoms with Gasteiger partial charge in [-0.2, -0.15) is 0 Å². The highest BCUT2D eigenvalue weighted by molar-refractivity contribution is 5.67. The van der Waals surface area contributed by atoms with Gasteiger partial charge >= 0.3 is 6.09 Å². The Morgan fingerprint density at radius 2 is 2.50 bits per heavy atom. The Balaban J connectivity index is 2.29. The number of carbonyl (C=O) groups is 1. The van der Waals surface area contributed by atoms with Crippen molar-refractivity contribution in [3.05, 3.63) is 12.7 Å². The fourth-order valence-electron chi connectivity index (χ4n) is 2.22. The zero-order valence-electron chi connectivity index (χ0n) is 9.87. The van der Waals surface area contributed by atoms with Gasteiger partial charge in [-0.15, -0.1) is 0 Å². The third kappa shape index (κ3) is 4.23. The van der Waals surface area contributed by atoms with E-state index in [1.807, 2.05) is 0 Å². The van der Waals surface area contributed by atoms with E-state index in [0.717, 1.165) is 25.7 Å². The maximum atomic E-state index is 11.2. The molecule has 2 N–H and O–H groups in total. The predicted molar refractivity (Wildman–Crippen MR) is 62.1 cm³/mol. The Hall–Kier alpha value is -1.03. The van der Waals surface area contributed by atoms with Gasteiger partial charge in [0.1, 0.15) is 6.61 Å². The second-order valence-electron chi connectivity index (χ2n) is 4.67. The van der Waals surface area contributed by atoms with Crippen LogP contribution in [0.15, 0.2) is 12.7 Å². The first-order valence-electron chi connectivity index (χ1n) is 5.80. The van der Waals surface area contributed by atoms with Gasteiger partial charge in [0.05, 0.1) is 5.60 Å². The molecule has 1 rings (SSSR count). The van der Waals surface area contributed by atoms with Crippen LogP contribution in [0.25, 0.3) is 0 Å². The minimum atomic E-state index is -0.759. The number of carbonyl (C=O) groups excluding carboxylic acids is 1. The summed E-state index contributed by atoms with van der Waals surface area (Å²) < 4.78 is 4.77. The fourth-order valence-corrected chi connectivity index (χ4v) is 2.22. The average Bonchev–Trinajstić information content (AvgIpc) is 2.23. The van der Waals surface area contributed by atoms with Gasteiger partial charge in [-0.25, -0.2) is 4.79 Å². The van der Waals surface area contributed by atoms with Crippen LogP contribution < -0.4 is 5.32 Å². The molecule has 0 aromatic carbocycles. The summed E-state index contributed by atoms with van der Waals surface area (Å²) in [7, 11) is 0. The second-order valence-corrected chi connectivity index (χ2v) is 4.67. The van der Waals surface area contributed by atoms with Gasteiger partial charge in [-0.05, 0) is 18.8 Å². The average molecular weight is 227 g/mol. The molecular formula is C12H21NO3. The van der Waals surface area contributed by atoms with Gasteiger partial charge < -0.3 is 15.2 Å². The zero-order valence-corrected chi connectivity index (χ0v) is 9.87. The Morgan fingerprint density at radius 3 is 3.12 bits per heavy atom. The molecule has 0 spiro atoms. The fraction of sp³-hybridized carbons (Fsp3) is 0.750. The van der Waals surface area contributed by atoms with Gasteiger partial charge in [0.25, 0.3) is 0 Å². The summed E-state index contributed by atoms with van der Waals surface area (Å²) in [5, 5.41) is 12.8. The van der Waals surface area contributed by atoms with Crippen molar-refractivity contribution in [1.82, 2.24) is 5.32 Å². The molecule has 0 bridgehead atoms. The van der Waals surface area contributed by atoms with E-state index in [1.165, 1.54) is 6.08 Å². The largest absolute Gasteiger partial charge is 0.445 e. The summed E-state index contributed by atoms with van der Waals surface area (Å²) in [6.45, 7) is 6.04. The lowest BCUT2D eigenvalue weighted by atomic mass is 9.79. The van der Waals surface area contributed by atoms with Crippen LogP contribution in [-0.2, 0) is 4.74 Å². The van der Waals surface area contributed by atoms with Crippen molar-refractivity contribution >= 4 is 6.09 Å². The molecule has 0 aliphatic heterocycles. The van der Waals surface area contributed by atoms with Gasteiger partial charge in [-0.3, -0.25) is 0 Å². The van der Waals surface area contributed by atoms with Crippen molar-refractivity contribution in [2.75, 3.05) is 13.2 Å². The Bertz CT molecular complexity index is 255. The molecule has 4 nitrogen and oxygen atoms in total. The van der Waals surface area contributed by atoms with E-state index in [4.69, 9.17) is 4.74 Å².